The second-order valence-electron chi connectivity index (χ2n) is 10.0. The highest BCUT2D eigenvalue weighted by atomic mass is 32.1. The summed E-state index contributed by atoms with van der Waals surface area (Å²) in [6.07, 6.45) is 1.63. The third-order valence-electron chi connectivity index (χ3n) is 6.59. The molecular formula is C27H40N6OS. The van der Waals surface area contributed by atoms with Crippen molar-refractivity contribution in [1.82, 2.24) is 25.1 Å². The summed E-state index contributed by atoms with van der Waals surface area (Å²) in [6, 6.07) is 10.0. The number of hydrogen-bond acceptors (Lipinski definition) is 7. The molecule has 190 valence electrons. The maximum absolute atomic E-state index is 12.7. The lowest BCUT2D eigenvalue weighted by Gasteiger charge is -2.31. The summed E-state index contributed by atoms with van der Waals surface area (Å²) < 4.78 is 0. The molecule has 1 unspecified atom stereocenters. The van der Waals surface area contributed by atoms with E-state index < -0.39 is 0 Å². The quantitative estimate of drug-likeness (QED) is 0.435. The van der Waals surface area contributed by atoms with E-state index >= 15 is 0 Å². The van der Waals surface area contributed by atoms with E-state index in [2.05, 4.69) is 51.4 Å². The van der Waals surface area contributed by atoms with Crippen LogP contribution in [0.3, 0.4) is 0 Å². The SMILES string of the molecule is CCN1CCC(CNc2cc(C)nc(CC(=O)Cc3ccc(C)cc3)n2)(C(=S)NCCN(C)C)C1. The third-order valence-corrected chi connectivity index (χ3v) is 7.17. The molecule has 0 spiro atoms. The van der Waals surface area contributed by atoms with Crippen LogP contribution < -0.4 is 10.6 Å². The Kier molecular flexibility index (Phi) is 9.71. The zero-order chi connectivity index (χ0) is 25.4. The first kappa shape index (κ1) is 27.2. The molecule has 1 fully saturated rings. The van der Waals surface area contributed by atoms with E-state index in [-0.39, 0.29) is 17.6 Å². The fourth-order valence-electron chi connectivity index (χ4n) is 4.45. The number of likely N-dealkylation sites (tertiary alicyclic amines) is 1. The predicted molar refractivity (Wildman–Crippen MR) is 147 cm³/mol. The first-order valence-corrected chi connectivity index (χ1v) is 12.9. The number of Topliss-reactive ketones (excluding diaryl/α,β-unsaturated/α-hetero) is 1. The topological polar surface area (TPSA) is 73.4 Å². The van der Waals surface area contributed by atoms with E-state index in [1.807, 2.05) is 44.2 Å². The number of ketones is 1. The number of carbonyl (C=O) groups excluding carboxylic acids is 1. The van der Waals surface area contributed by atoms with Crippen LogP contribution in [0.1, 0.15) is 36.0 Å². The van der Waals surface area contributed by atoms with Crippen LogP contribution in [-0.4, -0.2) is 83.9 Å². The van der Waals surface area contributed by atoms with Crippen LogP contribution in [-0.2, 0) is 17.6 Å². The first-order chi connectivity index (χ1) is 16.7. The average molecular weight is 497 g/mol. The Morgan fingerprint density at radius 1 is 1.17 bits per heavy atom. The van der Waals surface area contributed by atoms with Gasteiger partial charge in [0.2, 0.25) is 0 Å². The Balaban J connectivity index is 1.65. The van der Waals surface area contributed by atoms with Gasteiger partial charge in [-0.15, -0.1) is 0 Å². The summed E-state index contributed by atoms with van der Waals surface area (Å²) >= 11 is 5.90. The predicted octanol–water partition coefficient (Wildman–Crippen LogP) is 3.05. The second-order valence-corrected chi connectivity index (χ2v) is 10.4. The lowest BCUT2D eigenvalue weighted by Crippen LogP contribution is -2.47. The Bertz CT molecular complexity index is 1010. The van der Waals surface area contributed by atoms with Crippen molar-refractivity contribution in [3.8, 4) is 0 Å². The van der Waals surface area contributed by atoms with Crippen LogP contribution in [0.25, 0.3) is 0 Å². The van der Waals surface area contributed by atoms with Crippen molar-refractivity contribution in [3.63, 3.8) is 0 Å². The number of benzene rings is 1. The van der Waals surface area contributed by atoms with Crippen molar-refractivity contribution in [2.24, 2.45) is 5.41 Å². The summed E-state index contributed by atoms with van der Waals surface area (Å²) in [7, 11) is 4.13. The van der Waals surface area contributed by atoms with Crippen molar-refractivity contribution >= 4 is 28.8 Å². The molecule has 0 bridgehead atoms. The van der Waals surface area contributed by atoms with Crippen molar-refractivity contribution in [2.45, 2.75) is 40.0 Å². The molecule has 1 aromatic carbocycles. The Morgan fingerprint density at radius 3 is 2.57 bits per heavy atom. The molecule has 0 saturated carbocycles. The molecule has 3 rings (SSSR count). The third kappa shape index (κ3) is 8.05. The van der Waals surface area contributed by atoms with Crippen LogP contribution in [0.15, 0.2) is 30.3 Å². The molecule has 0 radical (unpaired) electrons. The number of rotatable bonds is 12. The molecular weight excluding hydrogens is 456 g/mol. The van der Waals surface area contributed by atoms with Gasteiger partial charge in [0.05, 0.1) is 16.8 Å². The molecule has 2 N–H and O–H groups in total. The fourth-order valence-corrected chi connectivity index (χ4v) is 4.79. The number of aryl methyl sites for hydroxylation is 2. The summed E-state index contributed by atoms with van der Waals surface area (Å²) in [5.41, 5.74) is 2.92. The second kappa shape index (κ2) is 12.5. The number of thiocarbonyl (C=S) groups is 1. The van der Waals surface area contributed by atoms with Gasteiger partial charge >= 0.3 is 0 Å². The number of aromatic nitrogens is 2. The fraction of sp³-hybridized carbons (Fsp3) is 0.556. The van der Waals surface area contributed by atoms with Crippen LogP contribution >= 0.6 is 12.2 Å². The molecule has 35 heavy (non-hydrogen) atoms. The first-order valence-electron chi connectivity index (χ1n) is 12.5. The van der Waals surface area contributed by atoms with Crippen molar-refractivity contribution < 1.29 is 4.79 Å². The minimum Gasteiger partial charge on any atom is -0.378 e. The van der Waals surface area contributed by atoms with Crippen molar-refractivity contribution in [3.05, 3.63) is 53.0 Å². The molecule has 1 saturated heterocycles. The highest BCUT2D eigenvalue weighted by Crippen LogP contribution is 2.32. The van der Waals surface area contributed by atoms with Crippen LogP contribution in [0.5, 0.6) is 0 Å². The van der Waals surface area contributed by atoms with Gasteiger partial charge in [-0.1, -0.05) is 49.0 Å². The summed E-state index contributed by atoms with van der Waals surface area (Å²) in [5.74, 6) is 1.43. The van der Waals surface area contributed by atoms with E-state index in [0.29, 0.717) is 18.8 Å². The lowest BCUT2D eigenvalue weighted by molar-refractivity contribution is -0.117. The zero-order valence-corrected chi connectivity index (χ0v) is 22.7. The van der Waals surface area contributed by atoms with Gasteiger partial charge in [0.1, 0.15) is 17.4 Å². The number of nitrogens with zero attached hydrogens (tertiary/aromatic N) is 4. The Morgan fingerprint density at radius 2 is 1.91 bits per heavy atom. The monoisotopic (exact) mass is 496 g/mol. The highest BCUT2D eigenvalue weighted by Gasteiger charge is 2.41. The largest absolute Gasteiger partial charge is 0.378 e. The molecule has 0 amide bonds. The Hall–Kier alpha value is -2.42. The molecule has 1 aliphatic rings. The van der Waals surface area contributed by atoms with Gasteiger partial charge in [0.25, 0.3) is 0 Å². The van der Waals surface area contributed by atoms with Crippen molar-refractivity contribution in [2.75, 3.05) is 58.7 Å². The maximum atomic E-state index is 12.7. The standard InChI is InChI=1S/C27H40N6OS/c1-6-33-13-11-27(19-33,26(35)28-12-14-32(4)5)18-29-24-15-21(3)30-25(31-24)17-23(34)16-22-9-7-20(2)8-10-22/h7-10,15H,6,11-14,16-19H2,1-5H3,(H,28,35)(H,29,30,31). The van der Waals surface area contributed by atoms with E-state index in [0.717, 1.165) is 61.2 Å². The van der Waals surface area contributed by atoms with Crippen LogP contribution in [0, 0.1) is 19.3 Å². The smallest absolute Gasteiger partial charge is 0.144 e. The van der Waals surface area contributed by atoms with E-state index in [9.17, 15) is 4.79 Å². The highest BCUT2D eigenvalue weighted by molar-refractivity contribution is 7.80. The number of anilines is 1. The normalized spacial score (nSPS) is 18.1. The molecule has 1 aliphatic heterocycles. The van der Waals surface area contributed by atoms with E-state index in [4.69, 9.17) is 12.2 Å². The molecule has 1 atom stereocenters. The van der Waals surface area contributed by atoms with Crippen molar-refractivity contribution in [1.29, 1.82) is 0 Å². The van der Waals surface area contributed by atoms with Crippen LogP contribution in [0.4, 0.5) is 5.82 Å². The van der Waals surface area contributed by atoms with Gasteiger partial charge < -0.3 is 20.4 Å². The minimum atomic E-state index is -0.141. The maximum Gasteiger partial charge on any atom is 0.144 e. The molecule has 2 aromatic rings. The van der Waals surface area contributed by atoms with Gasteiger partial charge in [0, 0.05) is 44.4 Å². The molecule has 1 aromatic heterocycles. The summed E-state index contributed by atoms with van der Waals surface area (Å²) in [4.78, 5) is 27.4. The van der Waals surface area contributed by atoms with Gasteiger partial charge in [-0.3, -0.25) is 4.79 Å². The van der Waals surface area contributed by atoms with E-state index in [1.54, 1.807) is 0 Å². The average Bonchev–Trinajstić information content (AvgIpc) is 3.23. The molecule has 8 heteroatoms. The van der Waals surface area contributed by atoms with Gasteiger partial charge in [-0.05, 0) is 53.0 Å². The molecule has 0 aliphatic carbocycles. The molecule has 2 heterocycles. The van der Waals surface area contributed by atoms with Gasteiger partial charge in [0.15, 0.2) is 0 Å². The summed E-state index contributed by atoms with van der Waals surface area (Å²) in [6.45, 7) is 11.6. The lowest BCUT2D eigenvalue weighted by atomic mass is 9.86. The van der Waals surface area contributed by atoms with Gasteiger partial charge in [-0.25, -0.2) is 9.97 Å². The van der Waals surface area contributed by atoms with Crippen LogP contribution in [0.2, 0.25) is 0 Å². The number of hydrogen-bond donors (Lipinski definition) is 2. The van der Waals surface area contributed by atoms with Gasteiger partial charge in [-0.2, -0.15) is 0 Å². The number of likely N-dealkylation sites (N-methyl/N-ethyl adjacent to an activating group) is 1. The van der Waals surface area contributed by atoms with E-state index in [1.165, 1.54) is 5.56 Å². The minimum absolute atomic E-state index is 0.113. The molecule has 7 nitrogen and oxygen atoms in total. The number of carbonyl (C=O) groups is 1. The zero-order valence-electron chi connectivity index (χ0n) is 21.9. The number of nitrogens with one attached hydrogen (secondary N) is 2. The Labute approximate surface area is 215 Å². The summed E-state index contributed by atoms with van der Waals surface area (Å²) in [5, 5.41) is 7.03.